The van der Waals surface area contributed by atoms with Gasteiger partial charge in [0.15, 0.2) is 5.16 Å². The molecule has 0 unspecified atom stereocenters. The maximum atomic E-state index is 12.4. The smallest absolute Gasteiger partial charge is 0.258 e. The molecule has 1 aromatic carbocycles. The van der Waals surface area contributed by atoms with Gasteiger partial charge in [0.1, 0.15) is 5.65 Å². The molecule has 0 N–H and O–H groups in total. The Morgan fingerprint density at radius 2 is 1.93 bits per heavy atom. The normalized spacial score (nSPS) is 11.5. The molecule has 0 aliphatic rings. The van der Waals surface area contributed by atoms with E-state index < -0.39 is 0 Å². The molecule has 4 rings (SSSR count). The number of hydrogen-bond donors (Lipinski definition) is 0. The molecule has 4 aromatic rings. The van der Waals surface area contributed by atoms with E-state index in [9.17, 15) is 4.79 Å². The highest BCUT2D eigenvalue weighted by atomic mass is 32.2. The van der Waals surface area contributed by atoms with Crippen LogP contribution in [0.1, 0.15) is 37.4 Å². The summed E-state index contributed by atoms with van der Waals surface area (Å²) in [6.07, 6.45) is 5.37. The van der Waals surface area contributed by atoms with Crippen LogP contribution in [0.2, 0.25) is 0 Å². The third kappa shape index (κ3) is 3.83. The predicted molar refractivity (Wildman–Crippen MR) is 115 cm³/mol. The molecule has 0 aliphatic carbocycles. The Morgan fingerprint density at radius 3 is 2.79 bits per heavy atom. The van der Waals surface area contributed by atoms with Gasteiger partial charge in [-0.1, -0.05) is 49.7 Å². The van der Waals surface area contributed by atoms with E-state index >= 15 is 0 Å². The van der Waals surface area contributed by atoms with Gasteiger partial charge in [0.25, 0.3) is 5.56 Å². The van der Waals surface area contributed by atoms with E-state index in [1.165, 1.54) is 18.4 Å². The minimum Gasteiger partial charge on any atom is -0.319 e. The lowest BCUT2D eigenvalue weighted by molar-refractivity contribution is 0.579. The van der Waals surface area contributed by atoms with Crippen LogP contribution >= 0.6 is 11.8 Å². The van der Waals surface area contributed by atoms with Gasteiger partial charge in [-0.15, -0.1) is 0 Å². The van der Waals surface area contributed by atoms with E-state index in [1.807, 2.05) is 31.3 Å². The largest absolute Gasteiger partial charge is 0.319 e. The Kier molecular flexibility index (Phi) is 5.48. The Balaban J connectivity index is 1.61. The van der Waals surface area contributed by atoms with Gasteiger partial charge >= 0.3 is 0 Å². The fourth-order valence-corrected chi connectivity index (χ4v) is 4.30. The Morgan fingerprint density at radius 1 is 1.07 bits per heavy atom. The van der Waals surface area contributed by atoms with Crippen molar-refractivity contribution < 1.29 is 0 Å². The highest BCUT2D eigenvalue weighted by Gasteiger charge is 2.12. The fraction of sp³-hybridized carbons (Fsp3) is 0.318. The van der Waals surface area contributed by atoms with Crippen molar-refractivity contribution in [2.45, 2.75) is 50.6 Å². The summed E-state index contributed by atoms with van der Waals surface area (Å²) in [5.41, 5.74) is 4.66. The summed E-state index contributed by atoms with van der Waals surface area (Å²) in [6.45, 7) is 5.15. The second kappa shape index (κ2) is 8.19. The predicted octanol–water partition coefficient (Wildman–Crippen LogP) is 4.84. The van der Waals surface area contributed by atoms with Crippen LogP contribution in [0.15, 0.2) is 58.6 Å². The third-order valence-electron chi connectivity index (χ3n) is 4.81. The van der Waals surface area contributed by atoms with Gasteiger partial charge in [-0.25, -0.2) is 9.97 Å². The Hall–Kier alpha value is -2.60. The molecule has 0 atom stereocenters. The van der Waals surface area contributed by atoms with Crippen LogP contribution in [0.5, 0.6) is 0 Å². The van der Waals surface area contributed by atoms with E-state index in [-0.39, 0.29) is 5.56 Å². The molecule has 0 fully saturated rings. The number of unbranched alkanes of at least 4 members (excludes halogenated alkanes) is 2. The average Bonchev–Trinajstić information content (AvgIpc) is 3.05. The van der Waals surface area contributed by atoms with Crippen molar-refractivity contribution in [2.75, 3.05) is 0 Å². The fourth-order valence-electron chi connectivity index (χ4n) is 3.37. The molecular formula is C22H24N4OS. The maximum absolute atomic E-state index is 12.4. The number of pyridine rings is 1. The second-order valence-corrected chi connectivity index (χ2v) is 7.99. The summed E-state index contributed by atoms with van der Waals surface area (Å²) in [7, 11) is 0. The first-order valence-corrected chi connectivity index (χ1v) is 10.7. The zero-order chi connectivity index (χ0) is 19.5. The first-order chi connectivity index (χ1) is 13.7. The van der Waals surface area contributed by atoms with Crippen LogP contribution in [-0.2, 0) is 12.3 Å². The van der Waals surface area contributed by atoms with E-state index in [0.29, 0.717) is 11.4 Å². The molecule has 0 amide bonds. The first kappa shape index (κ1) is 18.7. The molecule has 144 valence electrons. The van der Waals surface area contributed by atoms with Gasteiger partial charge in [-0.2, -0.15) is 0 Å². The second-order valence-electron chi connectivity index (χ2n) is 7.05. The van der Waals surface area contributed by atoms with Crippen molar-refractivity contribution >= 4 is 28.4 Å². The lowest BCUT2D eigenvalue weighted by atomic mass is 10.2. The number of rotatable bonds is 7. The minimum atomic E-state index is -0.0410. The van der Waals surface area contributed by atoms with E-state index in [0.717, 1.165) is 34.9 Å². The summed E-state index contributed by atoms with van der Waals surface area (Å²) in [4.78, 5) is 21.9. The van der Waals surface area contributed by atoms with Crippen molar-refractivity contribution in [2.24, 2.45) is 0 Å². The number of para-hydroxylation sites is 2. The lowest BCUT2D eigenvalue weighted by Crippen LogP contribution is -2.15. The van der Waals surface area contributed by atoms with Crippen molar-refractivity contribution in [1.29, 1.82) is 0 Å². The standard InChI is InChI=1S/C22H24N4OS/c1-3-4-7-12-25-19-9-6-5-8-18(19)24-22(25)28-15-17-13-21(27)26-14-16(2)10-11-20(26)23-17/h5-6,8-11,13-14H,3-4,7,12,15H2,1-2H3. The zero-order valence-electron chi connectivity index (χ0n) is 16.3. The molecule has 0 saturated heterocycles. The summed E-state index contributed by atoms with van der Waals surface area (Å²) in [6, 6.07) is 13.8. The molecule has 3 heterocycles. The molecule has 28 heavy (non-hydrogen) atoms. The maximum Gasteiger partial charge on any atom is 0.258 e. The van der Waals surface area contributed by atoms with Crippen LogP contribution in [0.3, 0.4) is 0 Å². The van der Waals surface area contributed by atoms with Crippen LogP contribution in [-0.4, -0.2) is 18.9 Å². The molecule has 3 aromatic heterocycles. The van der Waals surface area contributed by atoms with Crippen LogP contribution < -0.4 is 5.56 Å². The molecule has 0 saturated carbocycles. The summed E-state index contributed by atoms with van der Waals surface area (Å²) in [5.74, 6) is 0.622. The summed E-state index contributed by atoms with van der Waals surface area (Å²) < 4.78 is 3.90. The van der Waals surface area contributed by atoms with Gasteiger partial charge in [-0.3, -0.25) is 9.20 Å². The molecule has 0 aliphatic heterocycles. The van der Waals surface area contributed by atoms with Crippen molar-refractivity contribution in [3.05, 3.63) is 70.3 Å². The number of nitrogens with zero attached hydrogens (tertiary/aromatic N) is 4. The number of benzene rings is 1. The van der Waals surface area contributed by atoms with Crippen molar-refractivity contribution in [3.8, 4) is 0 Å². The number of thioether (sulfide) groups is 1. The number of hydrogen-bond acceptors (Lipinski definition) is 4. The third-order valence-corrected chi connectivity index (χ3v) is 5.82. The lowest BCUT2D eigenvalue weighted by Gasteiger charge is -2.09. The number of fused-ring (bicyclic) bond motifs is 2. The van der Waals surface area contributed by atoms with Crippen LogP contribution in [0.25, 0.3) is 16.7 Å². The van der Waals surface area contributed by atoms with E-state index in [1.54, 1.807) is 22.2 Å². The number of aromatic nitrogens is 4. The quantitative estimate of drug-likeness (QED) is 0.334. The van der Waals surface area contributed by atoms with Gasteiger partial charge < -0.3 is 4.57 Å². The summed E-state index contributed by atoms with van der Waals surface area (Å²) >= 11 is 1.65. The first-order valence-electron chi connectivity index (χ1n) is 9.72. The average molecular weight is 393 g/mol. The molecule has 0 radical (unpaired) electrons. The van der Waals surface area contributed by atoms with Crippen LogP contribution in [0.4, 0.5) is 0 Å². The topological polar surface area (TPSA) is 52.2 Å². The monoisotopic (exact) mass is 392 g/mol. The molecular weight excluding hydrogens is 368 g/mol. The Labute approximate surface area is 168 Å². The molecule has 0 bridgehead atoms. The highest BCUT2D eigenvalue weighted by molar-refractivity contribution is 7.98. The highest BCUT2D eigenvalue weighted by Crippen LogP contribution is 2.27. The van der Waals surface area contributed by atoms with Crippen molar-refractivity contribution in [3.63, 3.8) is 0 Å². The van der Waals surface area contributed by atoms with Crippen molar-refractivity contribution in [1.82, 2.24) is 18.9 Å². The summed E-state index contributed by atoms with van der Waals surface area (Å²) in [5, 5.41) is 0.989. The zero-order valence-corrected chi connectivity index (χ0v) is 17.1. The minimum absolute atomic E-state index is 0.0410. The number of imidazole rings is 1. The molecule has 0 spiro atoms. The van der Waals surface area contributed by atoms with E-state index in [4.69, 9.17) is 4.98 Å². The number of aryl methyl sites for hydroxylation is 2. The van der Waals surface area contributed by atoms with E-state index in [2.05, 4.69) is 34.7 Å². The van der Waals surface area contributed by atoms with Gasteiger partial charge in [0, 0.05) is 24.6 Å². The van der Waals surface area contributed by atoms with Gasteiger partial charge in [0.2, 0.25) is 0 Å². The van der Waals surface area contributed by atoms with Gasteiger partial charge in [0.05, 0.1) is 16.7 Å². The SMILES string of the molecule is CCCCCn1c(SCc2cc(=O)n3cc(C)ccc3n2)nc2ccccc21. The molecule has 5 nitrogen and oxygen atoms in total. The van der Waals surface area contributed by atoms with Crippen LogP contribution in [0, 0.1) is 6.92 Å². The molecule has 6 heteroatoms. The Bertz CT molecular complexity index is 1180. The van der Waals surface area contributed by atoms with Gasteiger partial charge in [-0.05, 0) is 37.1 Å².